The second-order valence-electron chi connectivity index (χ2n) is 6.79. The number of carbonyl (C=O) groups is 1. The van der Waals surface area contributed by atoms with Crippen LogP contribution in [0.1, 0.15) is 48.2 Å². The molecule has 0 saturated carbocycles. The molecule has 2 N–H and O–H groups in total. The molecule has 0 heterocycles. The van der Waals surface area contributed by atoms with Crippen molar-refractivity contribution in [2.24, 2.45) is 4.99 Å². The summed E-state index contributed by atoms with van der Waals surface area (Å²) in [6, 6.07) is 18.2. The van der Waals surface area contributed by atoms with E-state index in [2.05, 4.69) is 46.8 Å². The molecule has 0 aliphatic rings. The van der Waals surface area contributed by atoms with E-state index in [0.29, 0.717) is 12.5 Å². The zero-order chi connectivity index (χ0) is 20.4. The van der Waals surface area contributed by atoms with Gasteiger partial charge in [-0.2, -0.15) is 0 Å². The first-order valence-electron chi connectivity index (χ1n) is 9.96. The quantitative estimate of drug-likeness (QED) is 0.319. The zero-order valence-electron chi connectivity index (χ0n) is 17.8. The van der Waals surface area contributed by atoms with Gasteiger partial charge in [-0.15, -0.1) is 24.0 Å². The van der Waals surface area contributed by atoms with Crippen molar-refractivity contribution in [1.82, 2.24) is 15.5 Å². The molecule has 1 unspecified atom stereocenters. The Morgan fingerprint density at radius 3 is 2.17 bits per heavy atom. The highest BCUT2D eigenvalue weighted by Gasteiger charge is 2.12. The van der Waals surface area contributed by atoms with Crippen molar-refractivity contribution in [2.45, 2.75) is 33.2 Å². The second kappa shape index (κ2) is 13.2. The smallest absolute Gasteiger partial charge is 0.253 e. The van der Waals surface area contributed by atoms with E-state index in [1.807, 2.05) is 49.1 Å². The SMILES string of the molecule is CCN(CC)C(=O)c1ccc(CNC(=NC)NCC(C)c2ccccc2)cc1.I. The molecule has 5 nitrogen and oxygen atoms in total. The number of nitrogens with one attached hydrogen (secondary N) is 2. The van der Waals surface area contributed by atoms with Gasteiger partial charge in [0, 0.05) is 38.8 Å². The van der Waals surface area contributed by atoms with E-state index in [-0.39, 0.29) is 29.9 Å². The van der Waals surface area contributed by atoms with Gasteiger partial charge in [0.05, 0.1) is 0 Å². The first-order valence-corrected chi connectivity index (χ1v) is 9.96. The molecule has 2 aromatic carbocycles. The summed E-state index contributed by atoms with van der Waals surface area (Å²) in [7, 11) is 1.77. The number of hydrogen-bond donors (Lipinski definition) is 2. The Kier molecular flexibility index (Phi) is 11.3. The summed E-state index contributed by atoms with van der Waals surface area (Å²) in [4.78, 5) is 18.5. The summed E-state index contributed by atoms with van der Waals surface area (Å²) in [5, 5.41) is 6.71. The van der Waals surface area contributed by atoms with Crippen LogP contribution in [0.2, 0.25) is 0 Å². The first-order chi connectivity index (χ1) is 13.6. The highest BCUT2D eigenvalue weighted by molar-refractivity contribution is 14.0. The van der Waals surface area contributed by atoms with Crippen LogP contribution in [-0.4, -0.2) is 43.4 Å². The third-order valence-electron chi connectivity index (χ3n) is 4.88. The Morgan fingerprint density at radius 2 is 1.62 bits per heavy atom. The maximum Gasteiger partial charge on any atom is 0.253 e. The van der Waals surface area contributed by atoms with Crippen LogP contribution in [0.3, 0.4) is 0 Å². The second-order valence-corrected chi connectivity index (χ2v) is 6.79. The van der Waals surface area contributed by atoms with Crippen LogP contribution in [0.4, 0.5) is 0 Å². The monoisotopic (exact) mass is 508 g/mol. The van der Waals surface area contributed by atoms with Crippen molar-refractivity contribution in [3.8, 4) is 0 Å². The normalized spacial score (nSPS) is 11.9. The average Bonchev–Trinajstić information content (AvgIpc) is 2.75. The molecule has 0 aliphatic heterocycles. The minimum atomic E-state index is 0. The molecule has 0 radical (unpaired) electrons. The average molecular weight is 508 g/mol. The molecule has 2 rings (SSSR count). The van der Waals surface area contributed by atoms with Crippen LogP contribution in [0.15, 0.2) is 59.6 Å². The minimum Gasteiger partial charge on any atom is -0.356 e. The van der Waals surface area contributed by atoms with Crippen molar-refractivity contribution < 1.29 is 4.79 Å². The highest BCUT2D eigenvalue weighted by Crippen LogP contribution is 2.13. The van der Waals surface area contributed by atoms with Crippen LogP contribution < -0.4 is 10.6 Å². The fourth-order valence-electron chi connectivity index (χ4n) is 3.01. The fraction of sp³-hybridized carbons (Fsp3) is 0.391. The molecular weight excluding hydrogens is 475 g/mol. The molecule has 158 valence electrons. The first kappa shape index (κ1) is 24.9. The number of guanidine groups is 1. The van der Waals surface area contributed by atoms with E-state index in [1.54, 1.807) is 7.05 Å². The molecule has 1 amide bonds. The number of halogens is 1. The molecule has 0 aliphatic carbocycles. The maximum atomic E-state index is 12.4. The number of aliphatic imine (C=N–C) groups is 1. The van der Waals surface area contributed by atoms with Gasteiger partial charge in [-0.05, 0) is 43.0 Å². The van der Waals surface area contributed by atoms with Crippen LogP contribution in [-0.2, 0) is 6.54 Å². The molecule has 0 bridgehead atoms. The van der Waals surface area contributed by atoms with Gasteiger partial charge >= 0.3 is 0 Å². The van der Waals surface area contributed by atoms with Crippen molar-refractivity contribution >= 4 is 35.8 Å². The lowest BCUT2D eigenvalue weighted by Crippen LogP contribution is -2.38. The van der Waals surface area contributed by atoms with Crippen LogP contribution in [0.25, 0.3) is 0 Å². The number of carbonyl (C=O) groups excluding carboxylic acids is 1. The van der Waals surface area contributed by atoms with E-state index in [9.17, 15) is 4.79 Å². The third-order valence-corrected chi connectivity index (χ3v) is 4.88. The number of benzene rings is 2. The Bertz CT molecular complexity index is 758. The van der Waals surface area contributed by atoms with Crippen molar-refractivity contribution in [1.29, 1.82) is 0 Å². The third kappa shape index (κ3) is 7.68. The Labute approximate surface area is 192 Å². The molecule has 0 saturated heterocycles. The molecule has 29 heavy (non-hydrogen) atoms. The summed E-state index contributed by atoms with van der Waals surface area (Å²) in [5.41, 5.74) is 3.14. The summed E-state index contributed by atoms with van der Waals surface area (Å²) < 4.78 is 0. The Balaban J connectivity index is 0.00000420. The van der Waals surface area contributed by atoms with Crippen molar-refractivity contribution in [2.75, 3.05) is 26.7 Å². The number of rotatable bonds is 8. The fourth-order valence-corrected chi connectivity index (χ4v) is 3.01. The van der Waals surface area contributed by atoms with Crippen LogP contribution in [0, 0.1) is 0 Å². The molecule has 6 heteroatoms. The number of amides is 1. The number of hydrogen-bond acceptors (Lipinski definition) is 2. The van der Waals surface area contributed by atoms with E-state index < -0.39 is 0 Å². The lowest BCUT2D eigenvalue weighted by molar-refractivity contribution is 0.0773. The van der Waals surface area contributed by atoms with E-state index in [0.717, 1.165) is 36.7 Å². The molecular formula is C23H33IN4O. The lowest BCUT2D eigenvalue weighted by Gasteiger charge is -2.19. The highest BCUT2D eigenvalue weighted by atomic mass is 127. The van der Waals surface area contributed by atoms with Crippen LogP contribution >= 0.6 is 24.0 Å². The molecule has 0 fully saturated rings. The molecule has 0 aromatic heterocycles. The lowest BCUT2D eigenvalue weighted by atomic mass is 10.0. The van der Waals surface area contributed by atoms with Gasteiger partial charge in [0.1, 0.15) is 0 Å². The van der Waals surface area contributed by atoms with Gasteiger partial charge in [-0.25, -0.2) is 0 Å². The van der Waals surface area contributed by atoms with E-state index >= 15 is 0 Å². The topological polar surface area (TPSA) is 56.7 Å². The molecule has 0 spiro atoms. The van der Waals surface area contributed by atoms with Gasteiger partial charge in [0.15, 0.2) is 5.96 Å². The van der Waals surface area contributed by atoms with E-state index in [4.69, 9.17) is 0 Å². The van der Waals surface area contributed by atoms with Crippen molar-refractivity contribution in [3.05, 3.63) is 71.3 Å². The van der Waals surface area contributed by atoms with Gasteiger partial charge in [-0.3, -0.25) is 9.79 Å². The summed E-state index contributed by atoms with van der Waals surface area (Å²) >= 11 is 0. The Morgan fingerprint density at radius 1 is 1.00 bits per heavy atom. The van der Waals surface area contributed by atoms with E-state index in [1.165, 1.54) is 5.56 Å². The maximum absolute atomic E-state index is 12.4. The largest absolute Gasteiger partial charge is 0.356 e. The molecule has 1 atom stereocenters. The van der Waals surface area contributed by atoms with Gasteiger partial charge < -0.3 is 15.5 Å². The van der Waals surface area contributed by atoms with Crippen molar-refractivity contribution in [3.63, 3.8) is 0 Å². The summed E-state index contributed by atoms with van der Waals surface area (Å²) in [6.45, 7) is 9.10. The predicted octanol–water partition coefficient (Wildman–Crippen LogP) is 4.26. The van der Waals surface area contributed by atoms with Gasteiger partial charge in [-0.1, -0.05) is 49.4 Å². The Hall–Kier alpha value is -2.09. The summed E-state index contributed by atoms with van der Waals surface area (Å²) in [5.74, 6) is 1.24. The zero-order valence-corrected chi connectivity index (χ0v) is 20.1. The van der Waals surface area contributed by atoms with Gasteiger partial charge in [0.2, 0.25) is 0 Å². The van der Waals surface area contributed by atoms with Crippen LogP contribution in [0.5, 0.6) is 0 Å². The standard InChI is InChI=1S/C23H32N4O.HI/c1-5-27(6-2)22(28)21-14-12-19(13-15-21)17-26-23(24-4)25-16-18(3)20-10-8-7-9-11-20;/h7-15,18H,5-6,16-17H2,1-4H3,(H2,24,25,26);1H. The minimum absolute atomic E-state index is 0. The molecule has 2 aromatic rings. The van der Waals surface area contributed by atoms with Gasteiger partial charge in [0.25, 0.3) is 5.91 Å². The number of nitrogens with zero attached hydrogens (tertiary/aromatic N) is 2. The summed E-state index contributed by atoms with van der Waals surface area (Å²) in [6.07, 6.45) is 0. The predicted molar refractivity (Wildman–Crippen MR) is 132 cm³/mol.